The molecule has 9 heteroatoms. The molecule has 1 aromatic rings. The number of nitrogens with one attached hydrogen (secondary N) is 2. The molecule has 6 nitrogen and oxygen atoms in total. The van der Waals surface area contributed by atoms with Crippen molar-refractivity contribution in [1.29, 1.82) is 0 Å². The SMILES string of the molecule is Cc1ccc(S(=O)(=O)NCCNC(N)=NCCC(C)C)s1.I. The smallest absolute Gasteiger partial charge is 0.250 e. The number of hydrogen-bond acceptors (Lipinski definition) is 4. The molecule has 0 unspecified atom stereocenters. The van der Waals surface area contributed by atoms with Crippen molar-refractivity contribution in [1.82, 2.24) is 10.0 Å². The number of nitrogens with zero attached hydrogens (tertiary/aromatic N) is 1. The fourth-order valence-corrected chi connectivity index (χ4v) is 3.86. The van der Waals surface area contributed by atoms with Gasteiger partial charge in [0, 0.05) is 24.5 Å². The third-order valence-corrected chi connectivity index (χ3v) is 5.65. The molecule has 0 saturated carbocycles. The molecule has 1 heterocycles. The van der Waals surface area contributed by atoms with Crippen LogP contribution in [0.3, 0.4) is 0 Å². The third kappa shape index (κ3) is 8.30. The van der Waals surface area contributed by atoms with Gasteiger partial charge < -0.3 is 11.1 Å². The van der Waals surface area contributed by atoms with Gasteiger partial charge in [0.15, 0.2) is 5.96 Å². The Hall–Kier alpha value is -0.390. The molecule has 0 bridgehead atoms. The van der Waals surface area contributed by atoms with E-state index in [1.165, 1.54) is 11.3 Å². The van der Waals surface area contributed by atoms with Crippen LogP contribution < -0.4 is 15.8 Å². The lowest BCUT2D eigenvalue weighted by Crippen LogP contribution is -2.38. The van der Waals surface area contributed by atoms with E-state index in [9.17, 15) is 8.42 Å². The summed E-state index contributed by atoms with van der Waals surface area (Å²) in [6.45, 7) is 7.47. The number of rotatable bonds is 8. The lowest BCUT2D eigenvalue weighted by atomic mass is 10.1. The number of sulfonamides is 1. The second-order valence-electron chi connectivity index (χ2n) is 5.14. The highest BCUT2D eigenvalue weighted by Gasteiger charge is 2.14. The van der Waals surface area contributed by atoms with Crippen molar-refractivity contribution in [2.24, 2.45) is 16.6 Å². The highest BCUT2D eigenvalue weighted by molar-refractivity contribution is 14.0. The standard InChI is InChI=1S/C13H24N4O2S2.HI/c1-10(2)6-7-15-13(14)16-8-9-17-21(18,19)12-5-4-11(3)20-12;/h4-5,10,17H,6-9H2,1-3H3,(H3,14,15,16);1H. The largest absolute Gasteiger partial charge is 0.370 e. The summed E-state index contributed by atoms with van der Waals surface area (Å²) in [6.07, 6.45) is 0.979. The van der Waals surface area contributed by atoms with Gasteiger partial charge in [0.05, 0.1) is 0 Å². The lowest BCUT2D eigenvalue weighted by molar-refractivity contribution is 0.582. The molecule has 0 aliphatic carbocycles. The summed E-state index contributed by atoms with van der Waals surface area (Å²) in [6, 6.07) is 3.40. The number of aliphatic imine (C=N–C) groups is 1. The van der Waals surface area contributed by atoms with Gasteiger partial charge in [-0.1, -0.05) is 13.8 Å². The quantitative estimate of drug-likeness (QED) is 0.239. The van der Waals surface area contributed by atoms with E-state index in [1.807, 2.05) is 6.92 Å². The normalized spacial score (nSPS) is 12.3. The summed E-state index contributed by atoms with van der Waals surface area (Å²) in [7, 11) is -3.42. The number of thiophene rings is 1. The first kappa shape index (κ1) is 21.6. The highest BCUT2D eigenvalue weighted by Crippen LogP contribution is 2.19. The Labute approximate surface area is 154 Å². The third-order valence-electron chi connectivity index (χ3n) is 2.69. The molecule has 0 saturated heterocycles. The van der Waals surface area contributed by atoms with E-state index in [0.717, 1.165) is 11.3 Å². The van der Waals surface area contributed by atoms with E-state index in [0.29, 0.717) is 29.2 Å². The van der Waals surface area contributed by atoms with E-state index >= 15 is 0 Å². The average Bonchev–Trinajstić information content (AvgIpc) is 2.82. The Bertz CT molecular complexity index is 570. The fraction of sp³-hybridized carbons (Fsp3) is 0.615. The van der Waals surface area contributed by atoms with Crippen molar-refractivity contribution in [2.45, 2.75) is 31.4 Å². The van der Waals surface area contributed by atoms with Crippen molar-refractivity contribution in [2.75, 3.05) is 19.6 Å². The van der Waals surface area contributed by atoms with Crippen LogP contribution in [-0.2, 0) is 10.0 Å². The zero-order valence-electron chi connectivity index (χ0n) is 13.1. The topological polar surface area (TPSA) is 96.6 Å². The molecule has 0 radical (unpaired) electrons. The van der Waals surface area contributed by atoms with Crippen LogP contribution in [0, 0.1) is 12.8 Å². The predicted octanol–water partition coefficient (Wildman–Crippen LogP) is 1.90. The summed E-state index contributed by atoms with van der Waals surface area (Å²) in [5.74, 6) is 0.935. The molecule has 0 aliphatic rings. The van der Waals surface area contributed by atoms with Gasteiger partial charge in [0.2, 0.25) is 10.0 Å². The first-order valence-electron chi connectivity index (χ1n) is 6.91. The maximum absolute atomic E-state index is 11.9. The Morgan fingerprint density at radius 3 is 2.59 bits per heavy atom. The number of halogens is 1. The molecular weight excluding hydrogens is 435 g/mol. The zero-order valence-corrected chi connectivity index (χ0v) is 17.1. The molecule has 22 heavy (non-hydrogen) atoms. The molecular formula is C13H25IN4O2S2. The van der Waals surface area contributed by atoms with Gasteiger partial charge >= 0.3 is 0 Å². The molecule has 128 valence electrons. The molecule has 0 atom stereocenters. The van der Waals surface area contributed by atoms with Gasteiger partial charge in [0.25, 0.3) is 0 Å². The monoisotopic (exact) mass is 460 g/mol. The minimum atomic E-state index is -3.42. The summed E-state index contributed by atoms with van der Waals surface area (Å²) < 4.78 is 26.8. The Morgan fingerprint density at radius 1 is 1.36 bits per heavy atom. The van der Waals surface area contributed by atoms with Crippen LogP contribution in [-0.4, -0.2) is 34.0 Å². The lowest BCUT2D eigenvalue weighted by Gasteiger charge is -2.07. The van der Waals surface area contributed by atoms with E-state index in [4.69, 9.17) is 5.73 Å². The summed E-state index contributed by atoms with van der Waals surface area (Å²) >= 11 is 1.25. The molecule has 4 N–H and O–H groups in total. The predicted molar refractivity (Wildman–Crippen MR) is 104 cm³/mol. The van der Waals surface area contributed by atoms with E-state index in [1.54, 1.807) is 12.1 Å². The van der Waals surface area contributed by atoms with E-state index in [-0.39, 0.29) is 30.5 Å². The van der Waals surface area contributed by atoms with Crippen LogP contribution in [0.2, 0.25) is 0 Å². The molecule has 0 amide bonds. The Kier molecular flexibility index (Phi) is 10.2. The van der Waals surface area contributed by atoms with Gasteiger partial charge in [-0.3, -0.25) is 4.99 Å². The minimum absolute atomic E-state index is 0. The number of guanidine groups is 1. The minimum Gasteiger partial charge on any atom is -0.370 e. The van der Waals surface area contributed by atoms with Crippen LogP contribution >= 0.6 is 35.3 Å². The molecule has 0 aromatic carbocycles. The first-order chi connectivity index (χ1) is 9.81. The van der Waals surface area contributed by atoms with Crippen molar-refractivity contribution < 1.29 is 8.42 Å². The molecule has 0 spiro atoms. The second-order valence-corrected chi connectivity index (χ2v) is 8.42. The number of nitrogens with two attached hydrogens (primary N) is 1. The molecule has 0 aliphatic heterocycles. The maximum Gasteiger partial charge on any atom is 0.250 e. The van der Waals surface area contributed by atoms with Crippen LogP contribution in [0.25, 0.3) is 0 Å². The van der Waals surface area contributed by atoms with Crippen molar-refractivity contribution in [3.8, 4) is 0 Å². The van der Waals surface area contributed by atoms with Crippen LogP contribution in [0.5, 0.6) is 0 Å². The maximum atomic E-state index is 11.9. The van der Waals surface area contributed by atoms with Crippen LogP contribution in [0.1, 0.15) is 25.1 Å². The van der Waals surface area contributed by atoms with Crippen molar-refractivity contribution >= 4 is 51.3 Å². The zero-order chi connectivity index (χ0) is 15.9. The Balaban J connectivity index is 0.00000441. The first-order valence-corrected chi connectivity index (χ1v) is 9.21. The second kappa shape index (κ2) is 10.4. The van der Waals surface area contributed by atoms with Crippen LogP contribution in [0.15, 0.2) is 21.3 Å². The number of aryl methyl sites for hydroxylation is 1. The van der Waals surface area contributed by atoms with Gasteiger partial charge in [0.1, 0.15) is 4.21 Å². The summed E-state index contributed by atoms with van der Waals surface area (Å²) in [4.78, 5) is 5.14. The average molecular weight is 460 g/mol. The summed E-state index contributed by atoms with van der Waals surface area (Å²) in [5.41, 5.74) is 5.69. The fourth-order valence-electron chi connectivity index (χ4n) is 1.50. The van der Waals surface area contributed by atoms with E-state index in [2.05, 4.69) is 28.9 Å². The molecule has 0 fully saturated rings. The number of hydrogen-bond donors (Lipinski definition) is 3. The highest BCUT2D eigenvalue weighted by atomic mass is 127. The summed E-state index contributed by atoms with van der Waals surface area (Å²) in [5, 5.41) is 2.89. The van der Waals surface area contributed by atoms with Gasteiger partial charge in [-0.05, 0) is 31.4 Å². The molecule has 1 rings (SSSR count). The van der Waals surface area contributed by atoms with Gasteiger partial charge in [-0.25, -0.2) is 13.1 Å². The van der Waals surface area contributed by atoms with E-state index < -0.39 is 10.0 Å². The van der Waals surface area contributed by atoms with Crippen LogP contribution in [0.4, 0.5) is 0 Å². The van der Waals surface area contributed by atoms with Crippen molar-refractivity contribution in [3.63, 3.8) is 0 Å². The Morgan fingerprint density at radius 2 is 2.05 bits per heavy atom. The van der Waals surface area contributed by atoms with Gasteiger partial charge in [-0.2, -0.15) is 0 Å². The van der Waals surface area contributed by atoms with Gasteiger partial charge in [-0.15, -0.1) is 35.3 Å². The molecule has 1 aromatic heterocycles. The van der Waals surface area contributed by atoms with Crippen molar-refractivity contribution in [3.05, 3.63) is 17.0 Å².